The van der Waals surface area contributed by atoms with Gasteiger partial charge in [0, 0.05) is 12.1 Å². The maximum Gasteiger partial charge on any atom is 0.417 e. The monoisotopic (exact) mass is 371 g/mol. The molecule has 1 aromatic heterocycles. The van der Waals surface area contributed by atoms with E-state index in [1.165, 1.54) is 22.6 Å². The van der Waals surface area contributed by atoms with Crippen molar-refractivity contribution in [2.45, 2.75) is 18.5 Å². The van der Waals surface area contributed by atoms with Gasteiger partial charge in [0.1, 0.15) is 3.70 Å². The first-order chi connectivity index (χ1) is 7.29. The van der Waals surface area contributed by atoms with E-state index in [1.54, 1.807) is 0 Å². The third-order valence-electron chi connectivity index (χ3n) is 1.79. The SMILES string of the molecule is FC(F)c1c(I)ncc(CCl)c1C(F)(F)F. The van der Waals surface area contributed by atoms with Crippen molar-refractivity contribution in [2.75, 3.05) is 0 Å². The predicted molar refractivity (Wildman–Crippen MR) is 56.5 cm³/mol. The van der Waals surface area contributed by atoms with Gasteiger partial charge in [-0.15, -0.1) is 11.6 Å². The van der Waals surface area contributed by atoms with Crippen molar-refractivity contribution in [2.24, 2.45) is 0 Å². The Hall–Kier alpha value is -0.180. The largest absolute Gasteiger partial charge is 0.417 e. The number of alkyl halides is 6. The van der Waals surface area contributed by atoms with Gasteiger partial charge in [0.05, 0.1) is 11.1 Å². The van der Waals surface area contributed by atoms with Crippen molar-refractivity contribution in [3.63, 3.8) is 0 Å². The lowest BCUT2D eigenvalue weighted by atomic mass is 10.1. The summed E-state index contributed by atoms with van der Waals surface area (Å²) in [5.74, 6) is -0.515. The molecule has 0 aliphatic carbocycles. The zero-order valence-corrected chi connectivity index (χ0v) is 10.4. The van der Waals surface area contributed by atoms with Crippen molar-refractivity contribution < 1.29 is 22.0 Å². The van der Waals surface area contributed by atoms with Crippen LogP contribution in [0.15, 0.2) is 6.20 Å². The van der Waals surface area contributed by atoms with Crippen LogP contribution < -0.4 is 0 Å². The average Bonchev–Trinajstić information content (AvgIpc) is 2.15. The van der Waals surface area contributed by atoms with Crippen LogP contribution in [0.5, 0.6) is 0 Å². The minimum atomic E-state index is -4.86. The molecule has 1 nitrogen and oxygen atoms in total. The molecule has 0 amide bonds. The molecular formula is C8H4ClF5IN. The van der Waals surface area contributed by atoms with Gasteiger partial charge in [0.2, 0.25) is 0 Å². The smallest absolute Gasteiger partial charge is 0.249 e. The second-order valence-electron chi connectivity index (χ2n) is 2.80. The fraction of sp³-hybridized carbons (Fsp3) is 0.375. The standard InChI is InChI=1S/C8H4ClF5IN/c9-1-3-2-16-7(15)4(6(10)11)5(3)8(12,13)14/h2,6H,1H2. The highest BCUT2D eigenvalue weighted by Gasteiger charge is 2.39. The normalized spacial score (nSPS) is 12.2. The third-order valence-corrected chi connectivity index (χ3v) is 2.94. The highest BCUT2D eigenvalue weighted by Crippen LogP contribution is 2.40. The minimum Gasteiger partial charge on any atom is -0.249 e. The van der Waals surface area contributed by atoms with Crippen molar-refractivity contribution in [3.8, 4) is 0 Å². The van der Waals surface area contributed by atoms with Gasteiger partial charge in [-0.25, -0.2) is 13.8 Å². The summed E-state index contributed by atoms with van der Waals surface area (Å²) in [5, 5.41) is 0. The second kappa shape index (κ2) is 4.99. The van der Waals surface area contributed by atoms with Crippen LogP contribution >= 0.6 is 34.2 Å². The Morgan fingerprint density at radius 2 is 1.94 bits per heavy atom. The maximum absolute atomic E-state index is 12.6. The lowest BCUT2D eigenvalue weighted by Gasteiger charge is -2.16. The molecule has 1 heterocycles. The topological polar surface area (TPSA) is 12.9 Å². The molecule has 0 radical (unpaired) electrons. The fourth-order valence-electron chi connectivity index (χ4n) is 1.18. The van der Waals surface area contributed by atoms with Gasteiger partial charge in [-0.1, -0.05) is 0 Å². The van der Waals surface area contributed by atoms with Crippen LogP contribution in [0, 0.1) is 3.70 Å². The Kier molecular flexibility index (Phi) is 4.33. The van der Waals surface area contributed by atoms with Crippen LogP contribution in [0.1, 0.15) is 23.1 Å². The number of aromatic nitrogens is 1. The van der Waals surface area contributed by atoms with Gasteiger partial charge < -0.3 is 0 Å². The Labute approximate surface area is 106 Å². The minimum absolute atomic E-state index is 0.367. The quantitative estimate of drug-likeness (QED) is 0.325. The Morgan fingerprint density at radius 3 is 2.31 bits per heavy atom. The van der Waals surface area contributed by atoms with Crippen molar-refractivity contribution in [1.29, 1.82) is 0 Å². The van der Waals surface area contributed by atoms with E-state index in [1.807, 2.05) is 0 Å². The molecule has 0 saturated carbocycles. The number of hydrogen-bond donors (Lipinski definition) is 0. The molecule has 0 unspecified atom stereocenters. The van der Waals surface area contributed by atoms with Gasteiger partial charge >= 0.3 is 6.18 Å². The van der Waals surface area contributed by atoms with E-state index < -0.39 is 35.2 Å². The van der Waals surface area contributed by atoms with Gasteiger partial charge in [-0.3, -0.25) is 0 Å². The zero-order valence-electron chi connectivity index (χ0n) is 7.45. The number of rotatable bonds is 2. The van der Waals surface area contributed by atoms with Crippen LogP contribution in [0.2, 0.25) is 0 Å². The van der Waals surface area contributed by atoms with E-state index in [0.29, 0.717) is 0 Å². The number of pyridine rings is 1. The molecule has 16 heavy (non-hydrogen) atoms. The molecule has 0 N–H and O–H groups in total. The molecule has 8 heteroatoms. The molecule has 0 fully saturated rings. The molecule has 1 rings (SSSR count). The van der Waals surface area contributed by atoms with Crippen LogP contribution in [0.3, 0.4) is 0 Å². The summed E-state index contributed by atoms with van der Waals surface area (Å²) in [6.45, 7) is 0. The molecule has 1 aromatic rings. The van der Waals surface area contributed by atoms with E-state index in [9.17, 15) is 22.0 Å². The van der Waals surface area contributed by atoms with Gasteiger partial charge in [-0.05, 0) is 28.2 Å². The Bertz CT molecular complexity index is 393. The van der Waals surface area contributed by atoms with Crippen LogP contribution in [-0.2, 0) is 12.1 Å². The van der Waals surface area contributed by atoms with Gasteiger partial charge in [-0.2, -0.15) is 13.2 Å². The van der Waals surface area contributed by atoms with Crippen molar-refractivity contribution in [1.82, 2.24) is 4.98 Å². The van der Waals surface area contributed by atoms with Crippen molar-refractivity contribution >= 4 is 34.2 Å². The molecule has 90 valence electrons. The number of hydrogen-bond acceptors (Lipinski definition) is 1. The lowest BCUT2D eigenvalue weighted by Crippen LogP contribution is -2.15. The summed E-state index contributed by atoms with van der Waals surface area (Å²) in [6, 6.07) is 0. The van der Waals surface area contributed by atoms with Crippen LogP contribution in [-0.4, -0.2) is 4.98 Å². The molecule has 0 atom stereocenters. The highest BCUT2D eigenvalue weighted by atomic mass is 127. The molecule has 0 spiro atoms. The van der Waals surface area contributed by atoms with Crippen LogP contribution in [0.25, 0.3) is 0 Å². The summed E-state index contributed by atoms with van der Waals surface area (Å²) in [5.41, 5.74) is -2.92. The molecule has 0 saturated heterocycles. The Morgan fingerprint density at radius 1 is 1.38 bits per heavy atom. The fourth-order valence-corrected chi connectivity index (χ4v) is 2.03. The summed E-state index contributed by atoms with van der Waals surface area (Å²) >= 11 is 6.62. The van der Waals surface area contributed by atoms with E-state index in [-0.39, 0.29) is 3.70 Å². The zero-order chi connectivity index (χ0) is 12.5. The summed E-state index contributed by atoms with van der Waals surface area (Å²) in [6.07, 6.45) is -7.23. The molecule has 0 aliphatic heterocycles. The predicted octanol–water partition coefficient (Wildman–Crippen LogP) is 4.38. The van der Waals surface area contributed by atoms with E-state index in [0.717, 1.165) is 6.20 Å². The van der Waals surface area contributed by atoms with E-state index in [4.69, 9.17) is 11.6 Å². The van der Waals surface area contributed by atoms with E-state index >= 15 is 0 Å². The summed E-state index contributed by atoms with van der Waals surface area (Å²) in [4.78, 5) is 3.47. The van der Waals surface area contributed by atoms with Crippen LogP contribution in [0.4, 0.5) is 22.0 Å². The number of nitrogens with zero attached hydrogens (tertiary/aromatic N) is 1. The Balaban J connectivity index is 3.56. The third kappa shape index (κ3) is 2.73. The van der Waals surface area contributed by atoms with Crippen molar-refractivity contribution in [3.05, 3.63) is 26.6 Å². The molecular weight excluding hydrogens is 367 g/mol. The van der Waals surface area contributed by atoms with Gasteiger partial charge in [0.15, 0.2) is 0 Å². The molecule has 0 bridgehead atoms. The second-order valence-corrected chi connectivity index (χ2v) is 4.08. The van der Waals surface area contributed by atoms with Gasteiger partial charge in [0.25, 0.3) is 6.43 Å². The number of halogens is 7. The summed E-state index contributed by atoms with van der Waals surface area (Å²) in [7, 11) is 0. The molecule has 0 aromatic carbocycles. The first kappa shape index (κ1) is 13.9. The first-order valence-electron chi connectivity index (χ1n) is 3.87. The van der Waals surface area contributed by atoms with E-state index in [2.05, 4.69) is 4.98 Å². The highest BCUT2D eigenvalue weighted by molar-refractivity contribution is 14.1. The molecule has 0 aliphatic rings. The maximum atomic E-state index is 12.6. The average molecular weight is 371 g/mol. The lowest BCUT2D eigenvalue weighted by molar-refractivity contribution is -0.140. The summed E-state index contributed by atoms with van der Waals surface area (Å²) < 4.78 is 62.6. The first-order valence-corrected chi connectivity index (χ1v) is 5.49.